The van der Waals surface area contributed by atoms with E-state index in [9.17, 15) is 0 Å². The van der Waals surface area contributed by atoms with E-state index in [1.807, 2.05) is 35.0 Å². The maximum Gasteiger partial charge on any atom is 0.231 e. The van der Waals surface area contributed by atoms with Gasteiger partial charge in [-0.3, -0.25) is 9.88 Å². The fraction of sp³-hybridized carbons (Fsp3) is 0.350. The normalized spacial score (nSPS) is 14.6. The van der Waals surface area contributed by atoms with Crippen LogP contribution in [-0.4, -0.2) is 38.5 Å². The summed E-state index contributed by atoms with van der Waals surface area (Å²) < 4.78 is 12.6. The van der Waals surface area contributed by atoms with Crippen LogP contribution in [0.4, 0.5) is 5.82 Å². The molecule has 2 atom stereocenters. The molecule has 9 heteroatoms. The largest absolute Gasteiger partial charge is 0.454 e. The SMILES string of the molecule is CCCC(Nc1cc(-n2ccnc2)ncn1)C(N)NCc1ccc2c(c1)OCO2. The van der Waals surface area contributed by atoms with Crippen LogP contribution in [0.25, 0.3) is 5.82 Å². The zero-order valence-electron chi connectivity index (χ0n) is 16.3. The van der Waals surface area contributed by atoms with Crippen LogP contribution in [0.2, 0.25) is 0 Å². The quantitative estimate of drug-likeness (QED) is 0.472. The zero-order chi connectivity index (χ0) is 20.1. The predicted octanol–water partition coefficient (Wildman–Crippen LogP) is 2.05. The number of nitrogens with two attached hydrogens (primary N) is 1. The van der Waals surface area contributed by atoms with Gasteiger partial charge in [0.15, 0.2) is 11.5 Å². The molecule has 2 unspecified atom stereocenters. The highest BCUT2D eigenvalue weighted by Crippen LogP contribution is 2.32. The second kappa shape index (κ2) is 8.89. The molecule has 1 aromatic carbocycles. The molecule has 0 saturated heterocycles. The molecule has 0 fully saturated rings. The van der Waals surface area contributed by atoms with Crippen molar-refractivity contribution in [2.45, 2.75) is 38.5 Å². The van der Waals surface area contributed by atoms with Crippen LogP contribution >= 0.6 is 0 Å². The summed E-state index contributed by atoms with van der Waals surface area (Å²) in [6.07, 6.45) is 8.43. The lowest BCUT2D eigenvalue weighted by Crippen LogP contribution is -2.50. The van der Waals surface area contributed by atoms with Crippen molar-refractivity contribution in [3.05, 3.63) is 54.9 Å². The summed E-state index contributed by atoms with van der Waals surface area (Å²) in [6.45, 7) is 3.04. The molecule has 0 amide bonds. The summed E-state index contributed by atoms with van der Waals surface area (Å²) >= 11 is 0. The first kappa shape index (κ1) is 19.2. The van der Waals surface area contributed by atoms with Gasteiger partial charge in [-0.05, 0) is 24.1 Å². The number of nitrogens with zero attached hydrogens (tertiary/aromatic N) is 4. The fourth-order valence-electron chi connectivity index (χ4n) is 3.23. The van der Waals surface area contributed by atoms with Gasteiger partial charge in [-0.25, -0.2) is 15.0 Å². The lowest BCUT2D eigenvalue weighted by Gasteiger charge is -2.26. The van der Waals surface area contributed by atoms with Gasteiger partial charge in [0.25, 0.3) is 0 Å². The minimum Gasteiger partial charge on any atom is -0.454 e. The maximum absolute atomic E-state index is 6.46. The first-order valence-electron chi connectivity index (χ1n) is 9.67. The molecule has 4 rings (SSSR count). The highest BCUT2D eigenvalue weighted by molar-refractivity contribution is 5.44. The van der Waals surface area contributed by atoms with E-state index in [0.29, 0.717) is 6.54 Å². The lowest BCUT2D eigenvalue weighted by molar-refractivity contribution is 0.174. The van der Waals surface area contributed by atoms with E-state index < -0.39 is 0 Å². The number of aromatic nitrogens is 4. The van der Waals surface area contributed by atoms with Crippen molar-refractivity contribution in [1.82, 2.24) is 24.8 Å². The number of imidazole rings is 1. The van der Waals surface area contributed by atoms with E-state index >= 15 is 0 Å². The monoisotopic (exact) mass is 395 g/mol. The molecule has 9 nitrogen and oxygen atoms in total. The van der Waals surface area contributed by atoms with Crippen LogP contribution in [0, 0.1) is 0 Å². The molecule has 0 saturated carbocycles. The number of nitrogens with one attached hydrogen (secondary N) is 2. The molecule has 3 heterocycles. The molecular formula is C20H25N7O2. The van der Waals surface area contributed by atoms with Crippen LogP contribution in [0.3, 0.4) is 0 Å². The Morgan fingerprint density at radius 2 is 2.10 bits per heavy atom. The van der Waals surface area contributed by atoms with Gasteiger partial charge in [0, 0.05) is 25.0 Å². The predicted molar refractivity (Wildman–Crippen MR) is 109 cm³/mol. The van der Waals surface area contributed by atoms with E-state index in [1.54, 1.807) is 12.5 Å². The Morgan fingerprint density at radius 3 is 2.93 bits per heavy atom. The van der Waals surface area contributed by atoms with E-state index in [1.165, 1.54) is 6.33 Å². The van der Waals surface area contributed by atoms with Crippen molar-refractivity contribution in [3.8, 4) is 17.3 Å². The van der Waals surface area contributed by atoms with Gasteiger partial charge >= 0.3 is 0 Å². The Balaban J connectivity index is 1.40. The molecule has 0 spiro atoms. The first-order valence-corrected chi connectivity index (χ1v) is 9.67. The third-order valence-electron chi connectivity index (χ3n) is 4.77. The Labute approximate surface area is 169 Å². The van der Waals surface area contributed by atoms with E-state index in [2.05, 4.69) is 32.5 Å². The molecule has 0 bridgehead atoms. The summed E-state index contributed by atoms with van der Waals surface area (Å²) in [5.41, 5.74) is 7.54. The first-order chi connectivity index (χ1) is 14.2. The molecule has 1 aliphatic heterocycles. The zero-order valence-corrected chi connectivity index (χ0v) is 16.3. The van der Waals surface area contributed by atoms with Gasteiger partial charge < -0.3 is 20.5 Å². The van der Waals surface area contributed by atoms with Crippen LogP contribution < -0.4 is 25.8 Å². The molecule has 3 aromatic rings. The molecule has 152 valence electrons. The van der Waals surface area contributed by atoms with Crippen molar-refractivity contribution < 1.29 is 9.47 Å². The van der Waals surface area contributed by atoms with Gasteiger partial charge in [0.05, 0.1) is 12.2 Å². The Hall–Kier alpha value is -3.17. The standard InChI is InChI=1S/C20H25N7O2/c1-2-3-15(26-18-9-19(25-11-24-18)27-7-6-22-12-27)20(21)23-10-14-4-5-16-17(8-14)29-13-28-16/h4-9,11-12,15,20,23H,2-3,10,13,21H2,1H3,(H,24,25,26). The molecule has 0 radical (unpaired) electrons. The van der Waals surface area contributed by atoms with Crippen LogP contribution in [0.15, 0.2) is 49.3 Å². The van der Waals surface area contributed by atoms with Crippen molar-refractivity contribution in [3.63, 3.8) is 0 Å². The number of fused-ring (bicyclic) bond motifs is 1. The number of anilines is 1. The van der Waals surface area contributed by atoms with E-state index in [4.69, 9.17) is 15.2 Å². The van der Waals surface area contributed by atoms with E-state index in [0.717, 1.165) is 41.5 Å². The van der Waals surface area contributed by atoms with Gasteiger partial charge in [-0.2, -0.15) is 0 Å². The fourth-order valence-corrected chi connectivity index (χ4v) is 3.23. The van der Waals surface area contributed by atoms with Crippen molar-refractivity contribution in [2.75, 3.05) is 12.1 Å². The van der Waals surface area contributed by atoms with Gasteiger partial charge in [-0.1, -0.05) is 19.4 Å². The molecule has 4 N–H and O–H groups in total. The number of rotatable bonds is 9. The van der Waals surface area contributed by atoms with Crippen molar-refractivity contribution >= 4 is 5.82 Å². The Morgan fingerprint density at radius 1 is 1.21 bits per heavy atom. The van der Waals surface area contributed by atoms with Crippen LogP contribution in [0.5, 0.6) is 11.5 Å². The van der Waals surface area contributed by atoms with Crippen LogP contribution in [0.1, 0.15) is 25.3 Å². The summed E-state index contributed by atoms with van der Waals surface area (Å²) in [5, 5.41) is 6.84. The summed E-state index contributed by atoms with van der Waals surface area (Å²) in [6, 6.07) is 7.81. The highest BCUT2D eigenvalue weighted by Gasteiger charge is 2.18. The summed E-state index contributed by atoms with van der Waals surface area (Å²) in [4.78, 5) is 12.7. The molecule has 29 heavy (non-hydrogen) atoms. The van der Waals surface area contributed by atoms with Gasteiger partial charge in [0.2, 0.25) is 6.79 Å². The number of ether oxygens (including phenoxy) is 2. The number of hydrogen-bond donors (Lipinski definition) is 3. The topological polar surface area (TPSA) is 112 Å². The van der Waals surface area contributed by atoms with Crippen molar-refractivity contribution in [1.29, 1.82) is 0 Å². The number of hydrogen-bond acceptors (Lipinski definition) is 8. The number of benzene rings is 1. The Bertz CT molecular complexity index is 932. The second-order valence-corrected chi connectivity index (χ2v) is 6.87. The summed E-state index contributed by atoms with van der Waals surface area (Å²) in [5.74, 6) is 3.02. The van der Waals surface area contributed by atoms with Crippen molar-refractivity contribution in [2.24, 2.45) is 5.73 Å². The molecule has 0 aliphatic carbocycles. The second-order valence-electron chi connectivity index (χ2n) is 6.87. The minimum absolute atomic E-state index is 0.0135. The summed E-state index contributed by atoms with van der Waals surface area (Å²) in [7, 11) is 0. The average molecular weight is 395 g/mol. The maximum atomic E-state index is 6.46. The smallest absolute Gasteiger partial charge is 0.231 e. The third-order valence-corrected chi connectivity index (χ3v) is 4.77. The minimum atomic E-state index is -0.257. The van der Waals surface area contributed by atoms with E-state index in [-0.39, 0.29) is 19.0 Å². The van der Waals surface area contributed by atoms with Crippen LogP contribution in [-0.2, 0) is 6.54 Å². The molecule has 2 aromatic heterocycles. The Kier molecular flexibility index (Phi) is 5.87. The molecular weight excluding hydrogens is 370 g/mol. The van der Waals surface area contributed by atoms with Gasteiger partial charge in [-0.15, -0.1) is 0 Å². The lowest BCUT2D eigenvalue weighted by atomic mass is 10.1. The average Bonchev–Trinajstić information content (AvgIpc) is 3.43. The van der Waals surface area contributed by atoms with Gasteiger partial charge in [0.1, 0.15) is 24.3 Å². The highest BCUT2D eigenvalue weighted by atomic mass is 16.7. The third kappa shape index (κ3) is 4.64. The molecule has 1 aliphatic rings.